The van der Waals surface area contributed by atoms with E-state index in [1.807, 2.05) is 13.0 Å². The first-order valence-electron chi connectivity index (χ1n) is 10.0. The van der Waals surface area contributed by atoms with Gasteiger partial charge in [0.15, 0.2) is 11.6 Å². The first kappa shape index (κ1) is 21.0. The van der Waals surface area contributed by atoms with Crippen LogP contribution in [0.15, 0.2) is 48.9 Å². The maximum absolute atomic E-state index is 13.4. The lowest BCUT2D eigenvalue weighted by atomic mass is 10.0. The third-order valence-corrected chi connectivity index (χ3v) is 5.35. The Labute approximate surface area is 177 Å². The molecule has 0 N–H and O–H groups in total. The Morgan fingerprint density at radius 3 is 2.65 bits per heavy atom. The fourth-order valence-corrected chi connectivity index (χ4v) is 3.56. The third kappa shape index (κ3) is 4.60. The first-order chi connectivity index (χ1) is 14.7. The summed E-state index contributed by atoms with van der Waals surface area (Å²) in [6.07, 6.45) is 0.474. The molecule has 0 radical (unpaired) electrons. The van der Waals surface area contributed by atoms with Crippen molar-refractivity contribution < 1.29 is 18.0 Å². The molecule has 1 saturated carbocycles. The zero-order valence-corrected chi connectivity index (χ0v) is 17.2. The molecular weight excluding hydrogens is 407 g/mol. The van der Waals surface area contributed by atoms with E-state index in [1.165, 1.54) is 12.4 Å². The lowest BCUT2D eigenvalue weighted by Crippen LogP contribution is -2.37. The summed E-state index contributed by atoms with van der Waals surface area (Å²) in [4.78, 5) is 23.6. The average molecular weight is 429 g/mol. The van der Waals surface area contributed by atoms with Gasteiger partial charge in [-0.05, 0) is 68.5 Å². The summed E-state index contributed by atoms with van der Waals surface area (Å²) in [5.41, 5.74) is -0.427. The van der Waals surface area contributed by atoms with Gasteiger partial charge in [-0.25, -0.2) is 9.97 Å². The van der Waals surface area contributed by atoms with Crippen molar-refractivity contribution in [3.63, 3.8) is 0 Å². The number of carbonyl (C=O) groups excluding carboxylic acids is 1. The van der Waals surface area contributed by atoms with Crippen LogP contribution in [0.25, 0.3) is 5.82 Å². The second kappa shape index (κ2) is 8.13. The second-order valence-corrected chi connectivity index (χ2v) is 7.88. The SMILES string of the molecule is Cc1cc(C(=O)N(CC2CC2)[C@@H](C)c2ncnn2-c2ccccn2)cc(C(F)(F)F)c1. The number of hydrogen-bond acceptors (Lipinski definition) is 4. The maximum Gasteiger partial charge on any atom is 0.416 e. The van der Waals surface area contributed by atoms with Crippen LogP contribution in [0.2, 0.25) is 0 Å². The molecule has 0 bridgehead atoms. The highest BCUT2D eigenvalue weighted by molar-refractivity contribution is 5.95. The van der Waals surface area contributed by atoms with E-state index in [4.69, 9.17) is 0 Å². The fraction of sp³-hybridized carbons (Fsp3) is 0.364. The van der Waals surface area contributed by atoms with Crippen LogP contribution in [-0.2, 0) is 6.18 Å². The van der Waals surface area contributed by atoms with Crippen molar-refractivity contribution in [1.29, 1.82) is 0 Å². The average Bonchev–Trinajstić information content (AvgIpc) is 3.43. The molecular formula is C22H22F3N5O. The standard InChI is InChI=1S/C22H22F3N5O/c1-14-9-17(11-18(10-14)22(23,24)25)21(31)29(12-16-6-7-16)15(2)20-27-13-28-30(20)19-5-3-4-8-26-19/h3-5,8-11,13,15-16H,6-7,12H2,1-2H3/t15-/m0/s1. The molecule has 0 unspecified atom stereocenters. The molecule has 9 heteroatoms. The molecule has 0 saturated heterocycles. The van der Waals surface area contributed by atoms with Crippen molar-refractivity contribution in [2.75, 3.05) is 6.54 Å². The van der Waals surface area contributed by atoms with Gasteiger partial charge in [-0.1, -0.05) is 6.07 Å². The van der Waals surface area contributed by atoms with Gasteiger partial charge in [0.1, 0.15) is 6.33 Å². The minimum Gasteiger partial charge on any atom is -0.328 e. The molecule has 1 amide bonds. The van der Waals surface area contributed by atoms with Gasteiger partial charge in [0.2, 0.25) is 0 Å². The molecule has 1 fully saturated rings. The van der Waals surface area contributed by atoms with Crippen molar-refractivity contribution in [2.24, 2.45) is 5.92 Å². The highest BCUT2D eigenvalue weighted by Gasteiger charge is 2.35. The Morgan fingerprint density at radius 1 is 1.23 bits per heavy atom. The van der Waals surface area contributed by atoms with Crippen molar-refractivity contribution in [3.8, 4) is 5.82 Å². The van der Waals surface area contributed by atoms with Gasteiger partial charge >= 0.3 is 6.18 Å². The number of benzene rings is 1. The summed E-state index contributed by atoms with van der Waals surface area (Å²) in [7, 11) is 0. The van der Waals surface area contributed by atoms with Crippen LogP contribution in [0.4, 0.5) is 13.2 Å². The molecule has 162 valence electrons. The number of aryl methyl sites for hydroxylation is 1. The van der Waals surface area contributed by atoms with E-state index in [1.54, 1.807) is 34.8 Å². The molecule has 3 aromatic rings. The number of nitrogens with zero attached hydrogens (tertiary/aromatic N) is 5. The third-order valence-electron chi connectivity index (χ3n) is 5.35. The number of pyridine rings is 1. The molecule has 0 spiro atoms. The van der Waals surface area contributed by atoms with E-state index in [2.05, 4.69) is 15.1 Å². The Hall–Kier alpha value is -3.23. The van der Waals surface area contributed by atoms with E-state index in [9.17, 15) is 18.0 Å². The second-order valence-electron chi connectivity index (χ2n) is 7.88. The van der Waals surface area contributed by atoms with E-state index >= 15 is 0 Å². The minimum absolute atomic E-state index is 0.0173. The summed E-state index contributed by atoms with van der Waals surface area (Å²) in [5, 5.41) is 4.23. The summed E-state index contributed by atoms with van der Waals surface area (Å²) >= 11 is 0. The van der Waals surface area contributed by atoms with Crippen LogP contribution in [0.3, 0.4) is 0 Å². The molecule has 1 aromatic carbocycles. The minimum atomic E-state index is -4.52. The lowest BCUT2D eigenvalue weighted by Gasteiger charge is -2.29. The van der Waals surface area contributed by atoms with Gasteiger partial charge in [0.05, 0.1) is 11.6 Å². The molecule has 4 rings (SSSR count). The number of aromatic nitrogens is 4. The molecule has 1 aliphatic carbocycles. The summed E-state index contributed by atoms with van der Waals surface area (Å²) < 4.78 is 41.5. The summed E-state index contributed by atoms with van der Waals surface area (Å²) in [5.74, 6) is 0.931. The van der Waals surface area contributed by atoms with E-state index < -0.39 is 23.7 Å². The highest BCUT2D eigenvalue weighted by atomic mass is 19.4. The van der Waals surface area contributed by atoms with Crippen LogP contribution in [-0.4, -0.2) is 37.1 Å². The molecule has 2 heterocycles. The Bertz CT molecular complexity index is 1080. The fourth-order valence-electron chi connectivity index (χ4n) is 3.56. The van der Waals surface area contributed by atoms with Crippen LogP contribution < -0.4 is 0 Å². The number of amides is 1. The Kier molecular flexibility index (Phi) is 5.51. The van der Waals surface area contributed by atoms with Gasteiger partial charge in [-0.2, -0.15) is 23.0 Å². The first-order valence-corrected chi connectivity index (χ1v) is 10.0. The normalized spacial score (nSPS) is 15.0. The molecule has 0 aliphatic heterocycles. The number of halogens is 3. The molecule has 2 aromatic heterocycles. The zero-order valence-electron chi connectivity index (χ0n) is 17.2. The largest absolute Gasteiger partial charge is 0.416 e. The van der Waals surface area contributed by atoms with Crippen LogP contribution in [0.5, 0.6) is 0 Å². The van der Waals surface area contributed by atoms with Crippen molar-refractivity contribution in [3.05, 3.63) is 71.4 Å². The maximum atomic E-state index is 13.4. The predicted octanol–water partition coefficient (Wildman–Crippen LogP) is 4.60. The smallest absolute Gasteiger partial charge is 0.328 e. The molecule has 6 nitrogen and oxygen atoms in total. The number of rotatable bonds is 6. The summed E-state index contributed by atoms with van der Waals surface area (Å²) in [6.45, 7) is 3.81. The number of carbonyl (C=O) groups is 1. The topological polar surface area (TPSA) is 63.9 Å². The van der Waals surface area contributed by atoms with Gasteiger partial charge < -0.3 is 4.90 Å². The zero-order chi connectivity index (χ0) is 22.2. The van der Waals surface area contributed by atoms with Gasteiger partial charge in [0.25, 0.3) is 5.91 Å². The van der Waals surface area contributed by atoms with E-state index in [0.717, 1.165) is 25.0 Å². The van der Waals surface area contributed by atoms with Crippen molar-refractivity contribution in [2.45, 2.75) is 38.9 Å². The van der Waals surface area contributed by atoms with E-state index in [-0.39, 0.29) is 5.56 Å². The quantitative estimate of drug-likeness (QED) is 0.574. The molecule has 1 atom stereocenters. The van der Waals surface area contributed by atoms with Crippen LogP contribution in [0, 0.1) is 12.8 Å². The number of alkyl halides is 3. The summed E-state index contributed by atoms with van der Waals surface area (Å²) in [6, 6.07) is 8.32. The predicted molar refractivity (Wildman–Crippen MR) is 108 cm³/mol. The molecule has 1 aliphatic rings. The van der Waals surface area contributed by atoms with Crippen molar-refractivity contribution in [1.82, 2.24) is 24.6 Å². The van der Waals surface area contributed by atoms with Crippen molar-refractivity contribution >= 4 is 5.91 Å². The van der Waals surface area contributed by atoms with Gasteiger partial charge in [-0.3, -0.25) is 4.79 Å². The van der Waals surface area contributed by atoms with E-state index in [0.29, 0.717) is 29.7 Å². The lowest BCUT2D eigenvalue weighted by molar-refractivity contribution is -0.137. The Balaban J connectivity index is 1.70. The molecule has 31 heavy (non-hydrogen) atoms. The number of hydrogen-bond donors (Lipinski definition) is 0. The monoisotopic (exact) mass is 429 g/mol. The van der Waals surface area contributed by atoms with Gasteiger partial charge in [0, 0.05) is 18.3 Å². The van der Waals surface area contributed by atoms with Gasteiger partial charge in [-0.15, -0.1) is 0 Å². The Morgan fingerprint density at radius 2 is 2.00 bits per heavy atom. The van der Waals surface area contributed by atoms with Crippen LogP contribution in [0.1, 0.15) is 53.1 Å². The van der Waals surface area contributed by atoms with Crippen LogP contribution >= 0.6 is 0 Å². The highest BCUT2D eigenvalue weighted by Crippen LogP contribution is 2.35.